The lowest BCUT2D eigenvalue weighted by molar-refractivity contribution is 0.242. The molecule has 0 aliphatic carbocycles. The first kappa shape index (κ1) is 19.2. The Morgan fingerprint density at radius 3 is 2.60 bits per heavy atom. The van der Waals surface area contributed by atoms with Crippen LogP contribution >= 0.6 is 22.9 Å². The van der Waals surface area contributed by atoms with Gasteiger partial charge in [0.05, 0.1) is 20.6 Å². The largest absolute Gasteiger partial charge is 0.399 e. The third kappa shape index (κ3) is 4.07. The number of aromatic nitrogens is 3. The van der Waals surface area contributed by atoms with Gasteiger partial charge in [-0.3, -0.25) is 9.88 Å². The molecule has 1 aliphatic heterocycles. The Morgan fingerprint density at radius 2 is 1.87 bits per heavy atom. The first-order chi connectivity index (χ1) is 14.6. The average molecular weight is 434 g/mol. The van der Waals surface area contributed by atoms with E-state index in [-0.39, 0.29) is 0 Å². The number of nitrogen functional groups attached to an aromatic ring is 1. The summed E-state index contributed by atoms with van der Waals surface area (Å²) < 4.78 is 0.782. The van der Waals surface area contributed by atoms with Gasteiger partial charge in [-0.1, -0.05) is 17.7 Å². The van der Waals surface area contributed by atoms with E-state index in [1.807, 2.05) is 48.8 Å². The van der Waals surface area contributed by atoms with Gasteiger partial charge in [0.2, 0.25) is 0 Å². The van der Waals surface area contributed by atoms with Crippen molar-refractivity contribution in [1.82, 2.24) is 19.9 Å². The summed E-state index contributed by atoms with van der Waals surface area (Å²) in [7, 11) is 0. The second-order valence-electron chi connectivity index (χ2n) is 7.40. The molecule has 0 atom stereocenters. The molecule has 0 fully saturated rings. The Morgan fingerprint density at radius 1 is 1.00 bits per heavy atom. The number of hydrogen-bond donors (Lipinski definition) is 1. The van der Waals surface area contributed by atoms with E-state index in [1.54, 1.807) is 11.3 Å². The van der Waals surface area contributed by atoms with E-state index >= 15 is 0 Å². The van der Waals surface area contributed by atoms with Gasteiger partial charge < -0.3 is 5.73 Å². The summed E-state index contributed by atoms with van der Waals surface area (Å²) in [5.74, 6) is 0.760. The molecule has 0 spiro atoms. The fourth-order valence-electron chi connectivity index (χ4n) is 3.65. The van der Waals surface area contributed by atoms with Crippen molar-refractivity contribution in [3.05, 3.63) is 82.1 Å². The van der Waals surface area contributed by atoms with E-state index in [0.717, 1.165) is 63.7 Å². The van der Waals surface area contributed by atoms with Gasteiger partial charge >= 0.3 is 0 Å². The summed E-state index contributed by atoms with van der Waals surface area (Å²) >= 11 is 7.58. The van der Waals surface area contributed by atoms with Crippen molar-refractivity contribution in [2.24, 2.45) is 0 Å². The summed E-state index contributed by atoms with van der Waals surface area (Å²) in [5.41, 5.74) is 12.0. The lowest BCUT2D eigenvalue weighted by Gasteiger charge is -2.28. The van der Waals surface area contributed by atoms with Crippen molar-refractivity contribution in [2.75, 3.05) is 12.3 Å². The predicted octanol–water partition coefficient (Wildman–Crippen LogP) is 5.06. The molecule has 0 saturated carbocycles. The molecule has 5 nitrogen and oxygen atoms in total. The van der Waals surface area contributed by atoms with Gasteiger partial charge in [-0.2, -0.15) is 0 Å². The van der Waals surface area contributed by atoms with Gasteiger partial charge in [0, 0.05) is 55.3 Å². The van der Waals surface area contributed by atoms with Crippen LogP contribution < -0.4 is 5.73 Å². The van der Waals surface area contributed by atoms with Gasteiger partial charge in [0.25, 0.3) is 0 Å². The zero-order valence-corrected chi connectivity index (χ0v) is 17.8. The fraction of sp³-hybridized carbons (Fsp3) is 0.174. The molecule has 0 bridgehead atoms. The third-order valence-corrected chi connectivity index (χ3v) is 6.49. The van der Waals surface area contributed by atoms with Crippen LogP contribution in [0.4, 0.5) is 5.69 Å². The maximum absolute atomic E-state index is 6.03. The highest BCUT2D eigenvalue weighted by Crippen LogP contribution is 2.30. The number of rotatable bonds is 4. The van der Waals surface area contributed by atoms with Crippen molar-refractivity contribution in [3.63, 3.8) is 0 Å². The minimum atomic E-state index is 0.745. The summed E-state index contributed by atoms with van der Waals surface area (Å²) in [6.45, 7) is 2.67. The average Bonchev–Trinajstić information content (AvgIpc) is 3.21. The van der Waals surface area contributed by atoms with Crippen LogP contribution in [0.1, 0.15) is 16.8 Å². The van der Waals surface area contributed by atoms with Crippen molar-refractivity contribution < 1.29 is 0 Å². The van der Waals surface area contributed by atoms with E-state index < -0.39 is 0 Å². The van der Waals surface area contributed by atoms with E-state index in [9.17, 15) is 0 Å². The molecule has 4 heterocycles. The summed E-state index contributed by atoms with van der Waals surface area (Å²) in [6.07, 6.45) is 4.83. The van der Waals surface area contributed by atoms with E-state index in [1.165, 1.54) is 11.1 Å². The number of nitrogens with two attached hydrogens (primary N) is 1. The first-order valence-corrected chi connectivity index (χ1v) is 11.0. The maximum atomic E-state index is 6.03. The van der Waals surface area contributed by atoms with E-state index in [4.69, 9.17) is 22.3 Å². The van der Waals surface area contributed by atoms with Crippen LogP contribution in [-0.4, -0.2) is 26.4 Å². The standard InChI is InChI=1S/C23H20ClN5S/c24-22-8-7-21(30-22)20-6-1-15(11-26-20)13-29-10-9-19-17(14-29)12-27-23(28-19)16-2-4-18(25)5-3-16/h1-8,11-12H,9-10,13-14,25H2. The van der Waals surface area contributed by atoms with Crippen molar-refractivity contribution in [2.45, 2.75) is 19.5 Å². The third-order valence-electron chi connectivity index (χ3n) is 5.24. The van der Waals surface area contributed by atoms with Crippen LogP contribution in [0.25, 0.3) is 22.0 Å². The Kier molecular flexibility index (Phi) is 5.21. The summed E-state index contributed by atoms with van der Waals surface area (Å²) in [4.78, 5) is 17.5. The number of thiophene rings is 1. The van der Waals surface area contributed by atoms with Gasteiger partial charge in [-0.25, -0.2) is 9.97 Å². The maximum Gasteiger partial charge on any atom is 0.159 e. The van der Waals surface area contributed by atoms with Gasteiger partial charge in [-0.05, 0) is 48.0 Å². The highest BCUT2D eigenvalue weighted by atomic mass is 35.5. The molecule has 2 N–H and O–H groups in total. The molecule has 3 aromatic heterocycles. The molecule has 150 valence electrons. The fourth-order valence-corrected chi connectivity index (χ4v) is 4.67. The molecule has 1 aromatic carbocycles. The summed E-state index contributed by atoms with van der Waals surface area (Å²) in [5, 5.41) is 0. The smallest absolute Gasteiger partial charge is 0.159 e. The van der Waals surface area contributed by atoms with Crippen LogP contribution in [0.5, 0.6) is 0 Å². The minimum Gasteiger partial charge on any atom is -0.399 e. The van der Waals surface area contributed by atoms with E-state index in [0.29, 0.717) is 0 Å². The normalized spacial score (nSPS) is 13.9. The molecular weight excluding hydrogens is 414 g/mol. The van der Waals surface area contributed by atoms with Crippen LogP contribution in [0, 0.1) is 0 Å². The zero-order valence-electron chi connectivity index (χ0n) is 16.3. The second-order valence-corrected chi connectivity index (χ2v) is 9.12. The number of fused-ring (bicyclic) bond motifs is 1. The Hall–Kier alpha value is -2.80. The lowest BCUT2D eigenvalue weighted by atomic mass is 10.1. The SMILES string of the molecule is Nc1ccc(-c2ncc3c(n2)CCN(Cc2ccc(-c4ccc(Cl)s4)nc2)C3)cc1. The number of nitrogens with zero attached hydrogens (tertiary/aromatic N) is 4. The molecule has 4 aromatic rings. The quantitative estimate of drug-likeness (QED) is 0.455. The van der Waals surface area contributed by atoms with Gasteiger partial charge in [0.15, 0.2) is 5.82 Å². The number of halogens is 1. The minimum absolute atomic E-state index is 0.745. The van der Waals surface area contributed by atoms with Crippen LogP contribution in [0.2, 0.25) is 4.34 Å². The van der Waals surface area contributed by atoms with Crippen LogP contribution in [-0.2, 0) is 19.5 Å². The number of anilines is 1. The molecule has 0 saturated heterocycles. The van der Waals surface area contributed by atoms with Crippen molar-refractivity contribution in [1.29, 1.82) is 0 Å². The Labute approximate surface area is 184 Å². The van der Waals surface area contributed by atoms with Crippen molar-refractivity contribution in [3.8, 4) is 22.0 Å². The molecule has 0 radical (unpaired) electrons. The number of hydrogen-bond acceptors (Lipinski definition) is 6. The lowest BCUT2D eigenvalue weighted by Crippen LogP contribution is -2.31. The highest BCUT2D eigenvalue weighted by molar-refractivity contribution is 7.19. The molecule has 0 unspecified atom stereocenters. The van der Waals surface area contributed by atoms with Gasteiger partial charge in [-0.15, -0.1) is 11.3 Å². The molecule has 30 heavy (non-hydrogen) atoms. The van der Waals surface area contributed by atoms with Crippen molar-refractivity contribution >= 4 is 28.6 Å². The summed E-state index contributed by atoms with van der Waals surface area (Å²) in [6, 6.07) is 15.8. The topological polar surface area (TPSA) is 67.9 Å². The molecule has 1 aliphatic rings. The van der Waals surface area contributed by atoms with Crippen LogP contribution in [0.15, 0.2) is 60.9 Å². The molecular formula is C23H20ClN5S. The molecule has 5 rings (SSSR count). The Bertz CT molecular complexity index is 1170. The second kappa shape index (κ2) is 8.14. The molecule has 7 heteroatoms. The van der Waals surface area contributed by atoms with Crippen LogP contribution in [0.3, 0.4) is 0 Å². The number of benzene rings is 1. The monoisotopic (exact) mass is 433 g/mol. The Balaban J connectivity index is 1.27. The van der Waals surface area contributed by atoms with E-state index in [2.05, 4.69) is 27.0 Å². The highest BCUT2D eigenvalue weighted by Gasteiger charge is 2.19. The number of pyridine rings is 1. The van der Waals surface area contributed by atoms with Gasteiger partial charge in [0.1, 0.15) is 0 Å². The zero-order chi connectivity index (χ0) is 20.5. The predicted molar refractivity (Wildman–Crippen MR) is 122 cm³/mol. The first-order valence-electron chi connectivity index (χ1n) is 9.78. The molecule has 0 amide bonds.